The van der Waals surface area contributed by atoms with Gasteiger partial charge in [0.05, 0.1) is 13.7 Å². The van der Waals surface area contributed by atoms with Crippen LogP contribution < -0.4 is 4.90 Å². The van der Waals surface area contributed by atoms with Crippen molar-refractivity contribution in [3.05, 3.63) is 41.7 Å². The first-order valence-electron chi connectivity index (χ1n) is 10.2. The highest BCUT2D eigenvalue weighted by Gasteiger charge is 2.50. The first-order valence-corrected chi connectivity index (χ1v) is 10.2. The molecule has 3 aliphatic heterocycles. The van der Waals surface area contributed by atoms with E-state index in [1.165, 1.54) is 10.8 Å². The van der Waals surface area contributed by atoms with Crippen LogP contribution >= 0.6 is 0 Å². The highest BCUT2D eigenvalue weighted by atomic mass is 16.5. The maximum atomic E-state index is 13.2. The Morgan fingerprint density at radius 2 is 2.10 bits per heavy atom. The molecule has 0 aromatic heterocycles. The number of urea groups is 1. The number of allylic oxidation sites excluding steroid dienone is 1. The summed E-state index contributed by atoms with van der Waals surface area (Å²) >= 11 is 0. The Labute approximate surface area is 175 Å². The van der Waals surface area contributed by atoms with E-state index in [-0.39, 0.29) is 12.5 Å². The average Bonchev–Trinajstić information content (AvgIpc) is 2.78. The Kier molecular flexibility index (Phi) is 5.48. The Morgan fingerprint density at radius 3 is 2.90 bits per heavy atom. The summed E-state index contributed by atoms with van der Waals surface area (Å²) in [4.78, 5) is 46.1. The monoisotopic (exact) mass is 409 g/mol. The molecule has 0 radical (unpaired) electrons. The molecule has 0 saturated carbocycles. The molecule has 8 nitrogen and oxygen atoms in total. The molecular weight excluding hydrogens is 384 g/mol. The third-order valence-electron chi connectivity index (χ3n) is 5.54. The van der Waals surface area contributed by atoms with Gasteiger partial charge in [0.15, 0.2) is 12.5 Å². The predicted molar refractivity (Wildman–Crippen MR) is 112 cm³/mol. The number of carbonyl (C=O) groups excluding carboxylic acids is 3. The molecule has 1 unspecified atom stereocenters. The van der Waals surface area contributed by atoms with Gasteiger partial charge in [0, 0.05) is 18.3 Å². The molecule has 4 amide bonds. The lowest BCUT2D eigenvalue weighted by Gasteiger charge is -2.32. The van der Waals surface area contributed by atoms with Crippen molar-refractivity contribution in [1.82, 2.24) is 4.90 Å². The van der Waals surface area contributed by atoms with Gasteiger partial charge in [0.2, 0.25) is 0 Å². The number of anilines is 1. The van der Waals surface area contributed by atoms with Crippen LogP contribution in [-0.4, -0.2) is 66.1 Å². The van der Waals surface area contributed by atoms with Crippen molar-refractivity contribution >= 4 is 35.6 Å². The van der Waals surface area contributed by atoms with Crippen molar-refractivity contribution in [3.63, 3.8) is 0 Å². The lowest BCUT2D eigenvalue weighted by Crippen LogP contribution is -2.57. The van der Waals surface area contributed by atoms with Crippen LogP contribution in [0, 0.1) is 5.92 Å². The second kappa shape index (κ2) is 8.22. The number of hydrogen-bond donors (Lipinski definition) is 0. The van der Waals surface area contributed by atoms with Gasteiger partial charge >= 0.3 is 11.9 Å². The van der Waals surface area contributed by atoms with Crippen molar-refractivity contribution in [2.45, 2.75) is 26.2 Å². The number of aryl methyl sites for hydroxylation is 1. The molecule has 1 aromatic carbocycles. The van der Waals surface area contributed by atoms with E-state index in [2.05, 4.69) is 4.99 Å². The van der Waals surface area contributed by atoms with Crippen LogP contribution in [0.2, 0.25) is 0 Å². The number of nitrogens with zero attached hydrogens (tertiary/aromatic N) is 4. The zero-order valence-corrected chi connectivity index (χ0v) is 17.2. The zero-order chi connectivity index (χ0) is 21.3. The molecule has 0 N–H and O–H groups in total. The molecule has 1 aromatic rings. The fourth-order valence-electron chi connectivity index (χ4n) is 4.04. The van der Waals surface area contributed by atoms with Crippen LogP contribution in [0.1, 0.15) is 25.3 Å². The van der Waals surface area contributed by atoms with Crippen LogP contribution in [0.25, 0.3) is 0 Å². The zero-order valence-electron chi connectivity index (χ0n) is 17.2. The van der Waals surface area contributed by atoms with Crippen LogP contribution in [0.15, 0.2) is 41.1 Å². The summed E-state index contributed by atoms with van der Waals surface area (Å²) in [6.07, 6.45) is 5.71. The normalized spacial score (nSPS) is 20.7. The first-order chi connectivity index (χ1) is 14.5. The lowest BCUT2D eigenvalue weighted by atomic mass is 9.99. The van der Waals surface area contributed by atoms with E-state index in [9.17, 15) is 14.4 Å². The second-order valence-corrected chi connectivity index (χ2v) is 7.53. The number of imide groups is 1. The van der Waals surface area contributed by atoms with Crippen molar-refractivity contribution in [1.29, 1.82) is 0 Å². The number of benzene rings is 1. The van der Waals surface area contributed by atoms with Gasteiger partial charge in [-0.2, -0.15) is 9.48 Å². The number of rotatable bonds is 5. The molecule has 1 atom stereocenters. The van der Waals surface area contributed by atoms with Crippen molar-refractivity contribution in [2.75, 3.05) is 31.6 Å². The smallest absolute Gasteiger partial charge is 0.446 e. The Morgan fingerprint density at radius 1 is 1.30 bits per heavy atom. The second-order valence-electron chi connectivity index (χ2n) is 7.53. The van der Waals surface area contributed by atoms with Crippen molar-refractivity contribution in [2.24, 2.45) is 10.9 Å². The summed E-state index contributed by atoms with van der Waals surface area (Å²) < 4.78 is 7.06. The molecule has 4 rings (SSSR count). The largest absolute Gasteiger partial charge is 0.496 e. The number of amidine groups is 1. The van der Waals surface area contributed by atoms with Gasteiger partial charge in [0.1, 0.15) is 12.0 Å². The van der Waals surface area contributed by atoms with Crippen molar-refractivity contribution < 1.29 is 23.7 Å². The van der Waals surface area contributed by atoms with Crippen molar-refractivity contribution in [3.8, 4) is 0 Å². The molecule has 0 fully saturated rings. The van der Waals surface area contributed by atoms with Gasteiger partial charge in [-0.1, -0.05) is 25.1 Å². The van der Waals surface area contributed by atoms with E-state index in [0.717, 1.165) is 35.4 Å². The van der Waals surface area contributed by atoms with Crippen LogP contribution in [0.3, 0.4) is 0 Å². The van der Waals surface area contributed by atoms with Crippen LogP contribution in [0.4, 0.5) is 10.5 Å². The van der Waals surface area contributed by atoms with Gasteiger partial charge < -0.3 is 9.64 Å². The standard InChI is InChI=1S/C22H25N4O4/c1-3-13-30-17-10-11-23-20-19(17)21(28)26(22(29)24(20)2)14-18(27)25-12-6-8-15-7-4-5-9-16(15)25/h4-5,7,9-11,19H,3,6,8,12-14H2,1-2H3/q+1. The molecule has 156 valence electrons. The van der Waals surface area contributed by atoms with Crippen LogP contribution in [-0.2, 0) is 20.7 Å². The van der Waals surface area contributed by atoms with Gasteiger partial charge in [-0.15, -0.1) is 4.99 Å². The molecule has 30 heavy (non-hydrogen) atoms. The molecule has 0 bridgehead atoms. The Hall–Kier alpha value is -3.29. The minimum atomic E-state index is -0.814. The predicted octanol–water partition coefficient (Wildman–Crippen LogP) is 1.98. The Bertz CT molecular complexity index is 995. The van der Waals surface area contributed by atoms with E-state index >= 15 is 0 Å². The van der Waals surface area contributed by atoms with E-state index in [0.29, 0.717) is 24.7 Å². The first kappa shape index (κ1) is 20.0. The number of fused-ring (bicyclic) bond motifs is 2. The number of para-hydroxylation sites is 1. The fourth-order valence-corrected chi connectivity index (χ4v) is 4.04. The Balaban J connectivity index is 1.60. The molecular formula is C22H25N4O4+. The highest BCUT2D eigenvalue weighted by molar-refractivity contribution is 6.16. The molecule has 0 spiro atoms. The van der Waals surface area contributed by atoms with E-state index < -0.39 is 17.9 Å². The van der Waals surface area contributed by atoms with Gasteiger partial charge in [-0.25, -0.2) is 4.79 Å². The van der Waals surface area contributed by atoms with Gasteiger partial charge in [-0.3, -0.25) is 9.59 Å². The molecule has 0 saturated heterocycles. The SMILES string of the molecule is CCCOC1=CC=NC2=[N+](C)C(=O)N(CC(=O)N3CCCc4ccccc43)C(=O)C12. The summed E-state index contributed by atoms with van der Waals surface area (Å²) in [5, 5.41) is 0. The highest BCUT2D eigenvalue weighted by Crippen LogP contribution is 2.28. The average molecular weight is 409 g/mol. The number of aliphatic imine (C=N–C) groups is 1. The summed E-state index contributed by atoms with van der Waals surface area (Å²) in [5.74, 6) is -0.797. The van der Waals surface area contributed by atoms with Gasteiger partial charge in [-0.05, 0) is 30.9 Å². The maximum Gasteiger partial charge on any atom is 0.446 e. The summed E-state index contributed by atoms with van der Waals surface area (Å²) in [6.45, 7) is 2.68. The maximum absolute atomic E-state index is 13.2. The van der Waals surface area contributed by atoms with Gasteiger partial charge in [0.25, 0.3) is 11.7 Å². The third kappa shape index (κ3) is 3.42. The molecule has 0 aliphatic carbocycles. The van der Waals surface area contributed by atoms with Crippen LogP contribution in [0.5, 0.6) is 0 Å². The minimum absolute atomic E-state index is 0.278. The number of amides is 4. The lowest BCUT2D eigenvalue weighted by molar-refractivity contribution is -0.408. The molecule has 3 aliphatic rings. The van der Waals surface area contributed by atoms with E-state index in [1.54, 1.807) is 18.0 Å². The summed E-state index contributed by atoms with van der Waals surface area (Å²) in [7, 11) is 1.56. The minimum Gasteiger partial charge on any atom is -0.496 e. The summed E-state index contributed by atoms with van der Waals surface area (Å²) in [6, 6.07) is 7.19. The number of ether oxygens (including phenoxy) is 1. The van der Waals surface area contributed by atoms with E-state index in [4.69, 9.17) is 4.74 Å². The third-order valence-corrected chi connectivity index (χ3v) is 5.54. The van der Waals surface area contributed by atoms with E-state index in [1.807, 2.05) is 31.2 Å². The molecule has 3 heterocycles. The number of carbonyl (C=O) groups is 3. The number of hydrogen-bond acceptors (Lipinski definition) is 5. The number of dihydropyridines is 1. The quantitative estimate of drug-likeness (QED) is 0.697. The fraction of sp³-hybridized carbons (Fsp3) is 0.409. The summed E-state index contributed by atoms with van der Waals surface area (Å²) in [5.41, 5.74) is 1.95. The molecule has 8 heteroatoms. The topological polar surface area (TPSA) is 82.3 Å².